The van der Waals surface area contributed by atoms with E-state index in [2.05, 4.69) is 27.4 Å². The summed E-state index contributed by atoms with van der Waals surface area (Å²) in [6.45, 7) is 7.86. The van der Waals surface area contributed by atoms with Crippen LogP contribution in [0.4, 0.5) is 5.69 Å². The van der Waals surface area contributed by atoms with Crippen LogP contribution < -0.4 is 16.0 Å². The highest BCUT2D eigenvalue weighted by Crippen LogP contribution is 2.49. The maximum atomic E-state index is 12.8. The number of halogens is 1. The number of anilines is 1. The van der Waals surface area contributed by atoms with Gasteiger partial charge in [-0.05, 0) is 50.9 Å². The Morgan fingerprint density at radius 1 is 1.20 bits per heavy atom. The van der Waals surface area contributed by atoms with Crippen LogP contribution in [0.3, 0.4) is 0 Å². The average molecular weight is 429 g/mol. The minimum absolute atomic E-state index is 0.172. The van der Waals surface area contributed by atoms with E-state index in [1.165, 1.54) is 19.3 Å². The maximum Gasteiger partial charge on any atom is 0.287 e. The van der Waals surface area contributed by atoms with Gasteiger partial charge in [0.2, 0.25) is 0 Å². The second-order valence-corrected chi connectivity index (χ2v) is 9.22. The van der Waals surface area contributed by atoms with Gasteiger partial charge in [0.25, 0.3) is 5.91 Å². The number of carbonyl (C=O) groups excluding carboxylic acids is 1. The van der Waals surface area contributed by atoms with Crippen molar-refractivity contribution in [3.05, 3.63) is 40.9 Å². The molecule has 2 fully saturated rings. The summed E-state index contributed by atoms with van der Waals surface area (Å²) in [4.78, 5) is 15.1. The molecular weight excluding hydrogens is 400 g/mol. The van der Waals surface area contributed by atoms with Gasteiger partial charge in [-0.3, -0.25) is 4.79 Å². The van der Waals surface area contributed by atoms with Gasteiger partial charge in [-0.15, -0.1) is 0 Å². The number of furan rings is 1. The summed E-state index contributed by atoms with van der Waals surface area (Å²) in [6.07, 6.45) is 7.99. The molecule has 5 rings (SSSR count). The minimum atomic E-state index is -0.250. The van der Waals surface area contributed by atoms with Crippen molar-refractivity contribution in [3.63, 3.8) is 0 Å². The number of likely N-dealkylation sites (tertiary alicyclic amines) is 1. The predicted molar refractivity (Wildman–Crippen MR) is 120 cm³/mol. The number of benzene rings is 1. The molecule has 30 heavy (non-hydrogen) atoms. The van der Waals surface area contributed by atoms with E-state index in [0.717, 1.165) is 73.4 Å². The second-order valence-electron chi connectivity index (χ2n) is 8.81. The summed E-state index contributed by atoms with van der Waals surface area (Å²) >= 11 is 6.65. The maximum absolute atomic E-state index is 12.8. The number of nitrogens with zero attached hydrogens (tertiary/aromatic N) is 1. The van der Waals surface area contributed by atoms with E-state index in [9.17, 15) is 4.79 Å². The lowest BCUT2D eigenvalue weighted by Gasteiger charge is -2.44. The molecule has 1 aromatic carbocycles. The molecule has 0 unspecified atom stereocenters. The summed E-state index contributed by atoms with van der Waals surface area (Å²) in [5, 5.41) is 11.4. The Morgan fingerprint density at radius 3 is 2.73 bits per heavy atom. The van der Waals surface area contributed by atoms with Crippen molar-refractivity contribution in [1.82, 2.24) is 15.5 Å². The topological polar surface area (TPSA) is 69.5 Å². The van der Waals surface area contributed by atoms with Crippen LogP contribution in [-0.2, 0) is 5.54 Å². The van der Waals surface area contributed by atoms with Gasteiger partial charge in [0.05, 0.1) is 22.1 Å². The first-order chi connectivity index (χ1) is 14.6. The summed E-state index contributed by atoms with van der Waals surface area (Å²) in [5.74, 6) is 0.928. The van der Waals surface area contributed by atoms with Crippen LogP contribution in [-0.4, -0.2) is 37.0 Å². The molecule has 1 amide bonds. The van der Waals surface area contributed by atoms with E-state index >= 15 is 0 Å². The fourth-order valence-electron chi connectivity index (χ4n) is 5.32. The molecule has 2 aromatic rings. The second kappa shape index (κ2) is 7.82. The van der Waals surface area contributed by atoms with E-state index < -0.39 is 0 Å². The Kier molecular flexibility index (Phi) is 5.15. The Hall–Kier alpha value is -2.18. The predicted octanol–water partition coefficient (Wildman–Crippen LogP) is 4.56. The number of nitrogens with one attached hydrogen (secondary N) is 3. The lowest BCUT2D eigenvalue weighted by atomic mass is 9.74. The van der Waals surface area contributed by atoms with Crippen molar-refractivity contribution < 1.29 is 9.21 Å². The first kappa shape index (κ1) is 19.8. The van der Waals surface area contributed by atoms with Crippen molar-refractivity contribution in [2.24, 2.45) is 0 Å². The van der Waals surface area contributed by atoms with Crippen LogP contribution in [0, 0.1) is 0 Å². The molecule has 3 heterocycles. The number of carbonyl (C=O) groups is 1. The number of hydrogen-bond acceptors (Lipinski definition) is 5. The molecule has 0 bridgehead atoms. The molecule has 2 aliphatic heterocycles. The zero-order chi connectivity index (χ0) is 20.7. The summed E-state index contributed by atoms with van der Waals surface area (Å²) < 4.78 is 6.17. The van der Waals surface area contributed by atoms with Gasteiger partial charge < -0.3 is 25.3 Å². The molecular formula is C23H29ClN4O2. The van der Waals surface area contributed by atoms with Gasteiger partial charge in [-0.25, -0.2) is 0 Å². The van der Waals surface area contributed by atoms with Crippen molar-refractivity contribution in [2.45, 2.75) is 50.5 Å². The number of amides is 1. The molecule has 0 atom stereocenters. The molecule has 1 saturated heterocycles. The van der Waals surface area contributed by atoms with Crippen LogP contribution in [0.2, 0.25) is 5.02 Å². The van der Waals surface area contributed by atoms with Crippen molar-refractivity contribution in [2.75, 3.05) is 31.5 Å². The number of fused-ring (bicyclic) bond motifs is 4. The zero-order valence-corrected chi connectivity index (χ0v) is 18.0. The third-order valence-corrected chi connectivity index (χ3v) is 7.04. The molecule has 3 N–H and O–H groups in total. The van der Waals surface area contributed by atoms with Gasteiger partial charge >= 0.3 is 0 Å². The SMILES string of the molecule is C=C1Nc2c(Cl)cc3cc(C(=O)NCCN4CCCC4)oc3c2C2(CCCCC2)N1. The van der Waals surface area contributed by atoms with Gasteiger partial charge in [0.15, 0.2) is 5.76 Å². The summed E-state index contributed by atoms with van der Waals surface area (Å²) in [6, 6.07) is 3.69. The van der Waals surface area contributed by atoms with Gasteiger partial charge in [0.1, 0.15) is 5.58 Å². The van der Waals surface area contributed by atoms with Crippen LogP contribution in [0.1, 0.15) is 61.1 Å². The molecule has 3 aliphatic rings. The molecule has 6 nitrogen and oxygen atoms in total. The first-order valence-corrected chi connectivity index (χ1v) is 11.4. The quantitative estimate of drug-likeness (QED) is 0.666. The Morgan fingerprint density at radius 2 is 1.97 bits per heavy atom. The fraction of sp³-hybridized carbons (Fsp3) is 0.522. The molecule has 1 spiro atoms. The molecule has 1 aliphatic carbocycles. The minimum Gasteiger partial charge on any atom is -0.450 e. The van der Waals surface area contributed by atoms with Gasteiger partial charge in [-0.1, -0.05) is 37.4 Å². The molecule has 1 saturated carbocycles. The van der Waals surface area contributed by atoms with Crippen LogP contribution in [0.25, 0.3) is 11.0 Å². The highest BCUT2D eigenvalue weighted by Gasteiger charge is 2.42. The number of hydrogen-bond donors (Lipinski definition) is 3. The lowest BCUT2D eigenvalue weighted by molar-refractivity contribution is 0.0924. The molecule has 0 radical (unpaired) electrons. The van der Waals surface area contributed by atoms with E-state index in [-0.39, 0.29) is 11.4 Å². The smallest absolute Gasteiger partial charge is 0.287 e. The van der Waals surface area contributed by atoms with Crippen molar-refractivity contribution in [3.8, 4) is 0 Å². The van der Waals surface area contributed by atoms with Crippen LogP contribution in [0.15, 0.2) is 28.9 Å². The van der Waals surface area contributed by atoms with Gasteiger partial charge in [-0.2, -0.15) is 0 Å². The average Bonchev–Trinajstić information content (AvgIpc) is 3.38. The highest BCUT2D eigenvalue weighted by molar-refractivity contribution is 6.34. The monoisotopic (exact) mass is 428 g/mol. The van der Waals surface area contributed by atoms with E-state index in [0.29, 0.717) is 17.3 Å². The van der Waals surface area contributed by atoms with Crippen LogP contribution in [0.5, 0.6) is 0 Å². The Balaban J connectivity index is 1.46. The van der Waals surface area contributed by atoms with Crippen molar-refractivity contribution >= 4 is 34.2 Å². The Bertz CT molecular complexity index is 987. The zero-order valence-electron chi connectivity index (χ0n) is 17.3. The third-order valence-electron chi connectivity index (χ3n) is 6.75. The lowest BCUT2D eigenvalue weighted by Crippen LogP contribution is -2.48. The Labute approximate surface area is 182 Å². The van der Waals surface area contributed by atoms with Gasteiger partial charge in [0, 0.05) is 24.0 Å². The van der Waals surface area contributed by atoms with Crippen molar-refractivity contribution in [1.29, 1.82) is 0 Å². The van der Waals surface area contributed by atoms with E-state index in [1.54, 1.807) is 0 Å². The fourth-order valence-corrected chi connectivity index (χ4v) is 5.58. The summed E-state index contributed by atoms with van der Waals surface area (Å²) in [7, 11) is 0. The molecule has 160 valence electrons. The molecule has 7 heteroatoms. The van der Waals surface area contributed by atoms with E-state index in [1.807, 2.05) is 12.1 Å². The highest BCUT2D eigenvalue weighted by atomic mass is 35.5. The molecule has 1 aromatic heterocycles. The van der Waals surface area contributed by atoms with E-state index in [4.69, 9.17) is 16.0 Å². The number of rotatable bonds is 4. The van der Waals surface area contributed by atoms with Crippen LogP contribution >= 0.6 is 11.6 Å². The first-order valence-electron chi connectivity index (χ1n) is 11.1. The normalized spacial score (nSPS) is 20.8. The standard InChI is InChI=1S/C23H29ClN4O2/c1-15-26-20-17(24)13-16-14-18(22(29)25-9-12-28-10-5-6-11-28)30-21(16)19(20)23(27-15)7-3-2-4-8-23/h13-14,26-27H,1-12H2,(H,25,29). The largest absolute Gasteiger partial charge is 0.450 e. The summed E-state index contributed by atoms with van der Waals surface area (Å²) in [5.41, 5.74) is 2.38. The third kappa shape index (κ3) is 3.46.